The molecule has 6 nitrogen and oxygen atoms in total. The Kier molecular flexibility index (Phi) is 7.21. The lowest BCUT2D eigenvalue weighted by molar-refractivity contribution is -0.114. The maximum atomic E-state index is 12.6. The first-order valence-electron chi connectivity index (χ1n) is 9.61. The summed E-state index contributed by atoms with van der Waals surface area (Å²) in [4.78, 5) is 25.1. The summed E-state index contributed by atoms with van der Waals surface area (Å²) < 4.78 is 5.23. The van der Waals surface area contributed by atoms with Crippen LogP contribution in [0.2, 0.25) is 0 Å². The normalized spacial score (nSPS) is 10.5. The van der Waals surface area contributed by atoms with E-state index >= 15 is 0 Å². The van der Waals surface area contributed by atoms with E-state index < -0.39 is 5.97 Å². The van der Waals surface area contributed by atoms with E-state index in [1.807, 2.05) is 42.6 Å². The Morgan fingerprint density at radius 3 is 2.60 bits per heavy atom. The second kappa shape index (κ2) is 10.0. The number of carbonyl (C=O) groups is 2. The van der Waals surface area contributed by atoms with Gasteiger partial charge in [0.2, 0.25) is 5.91 Å². The van der Waals surface area contributed by atoms with E-state index in [9.17, 15) is 14.7 Å². The minimum absolute atomic E-state index is 0.0227. The zero-order valence-electron chi connectivity index (χ0n) is 16.9. The SMILES string of the molecule is CCOC(=O)c1c(-c2ccc(C)cc2)csc1NC(=O)CNc1cccc(CO)c1. The summed E-state index contributed by atoms with van der Waals surface area (Å²) in [7, 11) is 0. The summed E-state index contributed by atoms with van der Waals surface area (Å²) in [6.07, 6.45) is 0. The molecule has 7 heteroatoms. The summed E-state index contributed by atoms with van der Waals surface area (Å²) >= 11 is 1.29. The zero-order chi connectivity index (χ0) is 21.5. The van der Waals surface area contributed by atoms with Crippen LogP contribution in [0, 0.1) is 6.92 Å². The number of esters is 1. The second-order valence-electron chi connectivity index (χ2n) is 6.70. The average Bonchev–Trinajstić information content (AvgIpc) is 3.16. The number of aliphatic hydroxyl groups excluding tert-OH is 1. The molecule has 0 unspecified atom stereocenters. The molecule has 3 rings (SSSR count). The number of carbonyl (C=O) groups excluding carboxylic acids is 2. The van der Waals surface area contributed by atoms with Gasteiger partial charge in [-0.25, -0.2) is 4.79 Å². The molecule has 0 bridgehead atoms. The van der Waals surface area contributed by atoms with Crippen LogP contribution < -0.4 is 10.6 Å². The standard InChI is InChI=1S/C23H24N2O4S/c1-3-29-23(28)21-19(17-9-7-15(2)8-10-17)14-30-22(21)25-20(27)12-24-18-6-4-5-16(11-18)13-26/h4-11,14,24,26H,3,12-13H2,1-2H3,(H,25,27). The van der Waals surface area contributed by atoms with E-state index in [2.05, 4.69) is 10.6 Å². The maximum Gasteiger partial charge on any atom is 0.341 e. The third-order valence-electron chi connectivity index (χ3n) is 4.45. The van der Waals surface area contributed by atoms with Gasteiger partial charge in [-0.05, 0) is 37.1 Å². The highest BCUT2D eigenvalue weighted by molar-refractivity contribution is 7.15. The molecule has 0 aliphatic rings. The van der Waals surface area contributed by atoms with Crippen molar-refractivity contribution >= 4 is 33.9 Å². The maximum absolute atomic E-state index is 12.6. The quantitative estimate of drug-likeness (QED) is 0.465. The van der Waals surface area contributed by atoms with Crippen LogP contribution in [0.5, 0.6) is 0 Å². The summed E-state index contributed by atoms with van der Waals surface area (Å²) in [6, 6.07) is 15.0. The smallest absolute Gasteiger partial charge is 0.341 e. The van der Waals surface area contributed by atoms with E-state index in [0.29, 0.717) is 10.6 Å². The first kappa shape index (κ1) is 21.5. The van der Waals surface area contributed by atoms with Gasteiger partial charge in [0.05, 0.1) is 19.8 Å². The molecule has 2 aromatic carbocycles. The van der Waals surface area contributed by atoms with Crippen LogP contribution >= 0.6 is 11.3 Å². The highest BCUT2D eigenvalue weighted by atomic mass is 32.1. The van der Waals surface area contributed by atoms with Crippen LogP contribution in [0.4, 0.5) is 10.7 Å². The Bertz CT molecular complexity index is 1030. The molecule has 3 aromatic rings. The molecule has 1 amide bonds. The molecular weight excluding hydrogens is 400 g/mol. The van der Waals surface area contributed by atoms with Crippen molar-refractivity contribution in [3.8, 4) is 11.1 Å². The van der Waals surface area contributed by atoms with E-state index in [1.165, 1.54) is 11.3 Å². The van der Waals surface area contributed by atoms with Crippen LogP contribution in [-0.2, 0) is 16.1 Å². The minimum Gasteiger partial charge on any atom is -0.462 e. The highest BCUT2D eigenvalue weighted by Crippen LogP contribution is 2.36. The number of nitrogens with one attached hydrogen (secondary N) is 2. The van der Waals surface area contributed by atoms with Gasteiger partial charge >= 0.3 is 5.97 Å². The highest BCUT2D eigenvalue weighted by Gasteiger charge is 2.22. The molecule has 156 valence electrons. The summed E-state index contributed by atoms with van der Waals surface area (Å²) in [5.41, 5.74) is 4.59. The predicted molar refractivity (Wildman–Crippen MR) is 120 cm³/mol. The Hall–Kier alpha value is -3.16. The number of rotatable bonds is 8. The van der Waals surface area contributed by atoms with Crippen molar-refractivity contribution < 1.29 is 19.4 Å². The number of aryl methyl sites for hydroxylation is 1. The fraction of sp³-hybridized carbons (Fsp3) is 0.217. The van der Waals surface area contributed by atoms with Crippen LogP contribution in [0.15, 0.2) is 53.9 Å². The Labute approximate surface area is 179 Å². The Morgan fingerprint density at radius 1 is 1.13 bits per heavy atom. The molecule has 0 atom stereocenters. The van der Waals surface area contributed by atoms with Crippen molar-refractivity contribution in [2.24, 2.45) is 0 Å². The topological polar surface area (TPSA) is 87.7 Å². The number of benzene rings is 2. The average molecular weight is 425 g/mol. The number of amides is 1. The van der Waals surface area contributed by atoms with E-state index in [0.717, 1.165) is 27.9 Å². The second-order valence-corrected chi connectivity index (χ2v) is 7.58. The molecule has 0 saturated heterocycles. The minimum atomic E-state index is -0.465. The number of aliphatic hydroxyl groups is 1. The first-order valence-corrected chi connectivity index (χ1v) is 10.5. The zero-order valence-corrected chi connectivity index (χ0v) is 17.7. The summed E-state index contributed by atoms with van der Waals surface area (Å²) in [6.45, 7) is 3.95. The molecule has 0 radical (unpaired) electrons. The molecule has 0 saturated carbocycles. The molecule has 0 aliphatic heterocycles. The molecule has 0 fully saturated rings. The van der Waals surface area contributed by atoms with E-state index in [-0.39, 0.29) is 25.7 Å². The molecule has 30 heavy (non-hydrogen) atoms. The van der Waals surface area contributed by atoms with Gasteiger partial charge in [0.1, 0.15) is 10.6 Å². The molecule has 3 N–H and O–H groups in total. The van der Waals surface area contributed by atoms with Crippen molar-refractivity contribution in [3.05, 3.63) is 70.6 Å². The van der Waals surface area contributed by atoms with Gasteiger partial charge in [0.15, 0.2) is 0 Å². The van der Waals surface area contributed by atoms with Crippen LogP contribution in [0.25, 0.3) is 11.1 Å². The first-order chi connectivity index (χ1) is 14.5. The van der Waals surface area contributed by atoms with Crippen LogP contribution in [-0.4, -0.2) is 30.1 Å². The van der Waals surface area contributed by atoms with Crippen molar-refractivity contribution in [1.29, 1.82) is 0 Å². The summed E-state index contributed by atoms with van der Waals surface area (Å²) in [5, 5.41) is 17.4. The lowest BCUT2D eigenvalue weighted by atomic mass is 10.0. The number of ether oxygens (including phenoxy) is 1. The van der Waals surface area contributed by atoms with Crippen molar-refractivity contribution in [1.82, 2.24) is 0 Å². The van der Waals surface area contributed by atoms with E-state index in [4.69, 9.17) is 4.74 Å². The Balaban J connectivity index is 1.78. The summed E-state index contributed by atoms with van der Waals surface area (Å²) in [5.74, 6) is -0.750. The third kappa shape index (κ3) is 5.25. The molecule has 0 aliphatic carbocycles. The molecule has 0 spiro atoms. The molecule has 1 heterocycles. The van der Waals surface area contributed by atoms with E-state index in [1.54, 1.807) is 25.1 Å². The molecular formula is C23H24N2O4S. The monoisotopic (exact) mass is 424 g/mol. The number of anilines is 2. The van der Waals surface area contributed by atoms with Gasteiger partial charge in [-0.2, -0.15) is 0 Å². The lowest BCUT2D eigenvalue weighted by Gasteiger charge is -2.10. The van der Waals surface area contributed by atoms with Crippen molar-refractivity contribution in [2.75, 3.05) is 23.8 Å². The Morgan fingerprint density at radius 2 is 1.90 bits per heavy atom. The van der Waals surface area contributed by atoms with Gasteiger partial charge in [0.25, 0.3) is 0 Å². The van der Waals surface area contributed by atoms with Crippen LogP contribution in [0.1, 0.15) is 28.4 Å². The van der Waals surface area contributed by atoms with Gasteiger partial charge in [-0.1, -0.05) is 42.0 Å². The van der Waals surface area contributed by atoms with Crippen LogP contribution in [0.3, 0.4) is 0 Å². The largest absolute Gasteiger partial charge is 0.462 e. The van der Waals surface area contributed by atoms with Crippen molar-refractivity contribution in [3.63, 3.8) is 0 Å². The number of hydrogen-bond donors (Lipinski definition) is 3. The van der Waals surface area contributed by atoms with Gasteiger partial charge < -0.3 is 20.5 Å². The fourth-order valence-electron chi connectivity index (χ4n) is 2.93. The number of hydrogen-bond acceptors (Lipinski definition) is 6. The fourth-order valence-corrected chi connectivity index (χ4v) is 3.91. The van der Waals surface area contributed by atoms with Crippen molar-refractivity contribution in [2.45, 2.75) is 20.5 Å². The third-order valence-corrected chi connectivity index (χ3v) is 5.34. The van der Waals surface area contributed by atoms with Gasteiger partial charge in [-0.15, -0.1) is 11.3 Å². The number of thiophene rings is 1. The lowest BCUT2D eigenvalue weighted by Crippen LogP contribution is -2.22. The predicted octanol–water partition coefficient (Wildman–Crippen LogP) is 4.44. The molecule has 1 aromatic heterocycles. The van der Waals surface area contributed by atoms with Gasteiger partial charge in [-0.3, -0.25) is 4.79 Å². The van der Waals surface area contributed by atoms with Gasteiger partial charge in [0, 0.05) is 16.6 Å².